The highest BCUT2D eigenvalue weighted by atomic mass is 16.7. The highest BCUT2D eigenvalue weighted by Crippen LogP contribution is 2.33. The number of hydrogen-bond donors (Lipinski definition) is 1. The van der Waals surface area contributed by atoms with Crippen molar-refractivity contribution in [1.82, 2.24) is 10.2 Å². The van der Waals surface area contributed by atoms with Crippen LogP contribution in [-0.4, -0.2) is 42.1 Å². The lowest BCUT2D eigenvalue weighted by atomic mass is 10.1. The molecule has 0 spiro atoms. The monoisotopic (exact) mass is 407 g/mol. The van der Waals surface area contributed by atoms with Crippen molar-refractivity contribution in [3.63, 3.8) is 0 Å². The number of hydrogen-bond acceptors (Lipinski definition) is 6. The molecule has 0 saturated carbocycles. The molecular formula is C22H19N2O6-. The summed E-state index contributed by atoms with van der Waals surface area (Å²) in [6, 6.07) is 12.5. The van der Waals surface area contributed by atoms with Gasteiger partial charge >= 0.3 is 0 Å². The molecule has 154 valence electrons. The summed E-state index contributed by atoms with van der Waals surface area (Å²) < 4.78 is 10.6. The second-order valence-electron chi connectivity index (χ2n) is 6.97. The Bertz CT molecular complexity index is 1020. The van der Waals surface area contributed by atoms with Crippen LogP contribution in [0.4, 0.5) is 0 Å². The number of nitrogens with one attached hydrogen (secondary N) is 1. The molecule has 2 aromatic carbocycles. The Balaban J connectivity index is 1.66. The molecule has 0 radical (unpaired) electrons. The van der Waals surface area contributed by atoms with E-state index in [0.29, 0.717) is 35.5 Å². The van der Waals surface area contributed by atoms with E-state index in [1.165, 1.54) is 11.0 Å². The van der Waals surface area contributed by atoms with Crippen molar-refractivity contribution in [2.24, 2.45) is 0 Å². The van der Waals surface area contributed by atoms with Crippen LogP contribution in [0.2, 0.25) is 0 Å². The van der Waals surface area contributed by atoms with E-state index in [-0.39, 0.29) is 19.0 Å². The number of carbonyl (C=O) groups is 3. The Morgan fingerprint density at radius 2 is 1.83 bits per heavy atom. The lowest BCUT2D eigenvalue weighted by Crippen LogP contribution is -2.49. The zero-order chi connectivity index (χ0) is 21.1. The summed E-state index contributed by atoms with van der Waals surface area (Å²) in [6.07, 6.45) is 2.36. The zero-order valence-electron chi connectivity index (χ0n) is 16.0. The average Bonchev–Trinajstić information content (AvgIpc) is 3.42. The maximum Gasteiger partial charge on any atom is 0.270 e. The van der Waals surface area contributed by atoms with E-state index < -0.39 is 23.8 Å². The summed E-state index contributed by atoms with van der Waals surface area (Å²) in [6.45, 7) is 0.386. The van der Waals surface area contributed by atoms with Crippen LogP contribution < -0.4 is 19.9 Å². The molecule has 1 saturated heterocycles. The van der Waals surface area contributed by atoms with Crippen molar-refractivity contribution in [3.8, 4) is 11.5 Å². The molecule has 1 N–H and O–H groups in total. The molecule has 2 heterocycles. The number of carboxylic acids is 1. The SMILES string of the molecule is O=C(N/C(=C/c1ccc2c(c1)OCO2)C(=O)N1CCC[C@H]1C(=O)[O-])c1ccccc1. The van der Waals surface area contributed by atoms with Crippen LogP contribution in [0.1, 0.15) is 28.8 Å². The van der Waals surface area contributed by atoms with Crippen LogP contribution in [0.5, 0.6) is 11.5 Å². The summed E-state index contributed by atoms with van der Waals surface area (Å²) >= 11 is 0. The van der Waals surface area contributed by atoms with Crippen LogP contribution in [0.3, 0.4) is 0 Å². The third kappa shape index (κ3) is 3.98. The van der Waals surface area contributed by atoms with Crippen LogP contribution in [0, 0.1) is 0 Å². The number of fused-ring (bicyclic) bond motifs is 1. The number of ether oxygens (including phenoxy) is 2. The molecule has 2 amide bonds. The van der Waals surface area contributed by atoms with Gasteiger partial charge in [-0.25, -0.2) is 0 Å². The molecular weight excluding hydrogens is 388 g/mol. The fraction of sp³-hybridized carbons (Fsp3) is 0.227. The number of aliphatic carboxylic acids is 1. The van der Waals surface area contributed by atoms with E-state index >= 15 is 0 Å². The van der Waals surface area contributed by atoms with Gasteiger partial charge in [-0.05, 0) is 48.7 Å². The molecule has 2 aliphatic rings. The second kappa shape index (κ2) is 8.28. The summed E-state index contributed by atoms with van der Waals surface area (Å²) in [4.78, 5) is 38.5. The standard InChI is InChI=1S/C22H20N2O6/c25-20(15-5-2-1-3-6-15)23-16(21(26)24-10-4-7-17(24)22(27)28)11-14-8-9-18-19(12-14)30-13-29-18/h1-3,5-6,8-9,11-12,17H,4,7,10,13H2,(H,23,25)(H,27,28)/p-1/b16-11+/t17-/m0/s1. The van der Waals surface area contributed by atoms with Crippen molar-refractivity contribution < 1.29 is 29.0 Å². The number of amides is 2. The molecule has 1 fully saturated rings. The maximum absolute atomic E-state index is 13.2. The maximum atomic E-state index is 13.2. The van der Waals surface area contributed by atoms with Gasteiger partial charge in [0.1, 0.15) is 5.70 Å². The molecule has 2 aliphatic heterocycles. The average molecular weight is 407 g/mol. The van der Waals surface area contributed by atoms with Crippen LogP contribution in [-0.2, 0) is 9.59 Å². The predicted molar refractivity (Wildman–Crippen MR) is 104 cm³/mol. The highest BCUT2D eigenvalue weighted by molar-refractivity contribution is 6.06. The first-order valence-corrected chi connectivity index (χ1v) is 9.52. The van der Waals surface area contributed by atoms with Gasteiger partial charge in [0, 0.05) is 12.1 Å². The van der Waals surface area contributed by atoms with Gasteiger partial charge in [0.2, 0.25) is 6.79 Å². The first kappa shape index (κ1) is 19.5. The van der Waals surface area contributed by atoms with Crippen LogP contribution in [0.25, 0.3) is 6.08 Å². The summed E-state index contributed by atoms with van der Waals surface area (Å²) in [5.74, 6) is -1.25. The summed E-state index contributed by atoms with van der Waals surface area (Å²) in [7, 11) is 0. The Morgan fingerprint density at radius 3 is 2.60 bits per heavy atom. The molecule has 2 aromatic rings. The van der Waals surface area contributed by atoms with Gasteiger partial charge in [-0.15, -0.1) is 0 Å². The van der Waals surface area contributed by atoms with E-state index in [1.807, 2.05) is 0 Å². The smallest absolute Gasteiger partial charge is 0.270 e. The number of carboxylic acid groups (broad SMARTS) is 1. The molecule has 0 bridgehead atoms. The van der Waals surface area contributed by atoms with Crippen molar-refractivity contribution in [3.05, 3.63) is 65.4 Å². The molecule has 0 aliphatic carbocycles. The minimum atomic E-state index is -1.31. The van der Waals surface area contributed by atoms with Crippen LogP contribution in [0.15, 0.2) is 54.2 Å². The third-order valence-corrected chi connectivity index (χ3v) is 5.01. The minimum Gasteiger partial charge on any atom is -0.548 e. The van der Waals surface area contributed by atoms with Gasteiger partial charge in [-0.3, -0.25) is 9.59 Å². The molecule has 1 atom stereocenters. The molecule has 30 heavy (non-hydrogen) atoms. The fourth-order valence-electron chi connectivity index (χ4n) is 3.51. The minimum absolute atomic E-state index is 0.0316. The normalized spacial score (nSPS) is 17.7. The van der Waals surface area contributed by atoms with Crippen molar-refractivity contribution in [2.45, 2.75) is 18.9 Å². The van der Waals surface area contributed by atoms with Gasteiger partial charge in [-0.2, -0.15) is 0 Å². The number of carbonyl (C=O) groups excluding carboxylic acids is 3. The number of benzene rings is 2. The highest BCUT2D eigenvalue weighted by Gasteiger charge is 2.32. The van der Waals surface area contributed by atoms with Crippen molar-refractivity contribution >= 4 is 23.9 Å². The van der Waals surface area contributed by atoms with E-state index in [2.05, 4.69) is 5.32 Å². The number of rotatable bonds is 5. The zero-order valence-corrected chi connectivity index (χ0v) is 16.0. The first-order valence-electron chi connectivity index (χ1n) is 9.52. The largest absolute Gasteiger partial charge is 0.548 e. The van der Waals surface area contributed by atoms with Gasteiger partial charge in [0.05, 0.1) is 12.0 Å². The van der Waals surface area contributed by atoms with Gasteiger partial charge < -0.3 is 29.6 Å². The lowest BCUT2D eigenvalue weighted by Gasteiger charge is -2.26. The van der Waals surface area contributed by atoms with Gasteiger partial charge in [0.15, 0.2) is 11.5 Å². The Morgan fingerprint density at radius 1 is 1.07 bits per heavy atom. The quantitative estimate of drug-likeness (QED) is 0.739. The summed E-state index contributed by atoms with van der Waals surface area (Å²) in [5.41, 5.74) is 0.941. The van der Waals surface area contributed by atoms with Crippen LogP contribution >= 0.6 is 0 Å². The molecule has 8 nitrogen and oxygen atoms in total. The van der Waals surface area contributed by atoms with Gasteiger partial charge in [-0.1, -0.05) is 24.3 Å². The Labute approximate surface area is 172 Å². The molecule has 4 rings (SSSR count). The topological polar surface area (TPSA) is 108 Å². The van der Waals surface area contributed by atoms with Gasteiger partial charge in [0.25, 0.3) is 11.8 Å². The Hall–Kier alpha value is -3.81. The number of likely N-dealkylation sites (tertiary alicyclic amines) is 1. The first-order chi connectivity index (χ1) is 14.5. The lowest BCUT2D eigenvalue weighted by molar-refractivity contribution is -0.310. The van der Waals surface area contributed by atoms with E-state index in [9.17, 15) is 19.5 Å². The molecule has 0 unspecified atom stereocenters. The summed E-state index contributed by atoms with van der Waals surface area (Å²) in [5, 5.41) is 14.1. The predicted octanol–water partition coefficient (Wildman–Crippen LogP) is 0.927. The van der Waals surface area contributed by atoms with Crippen molar-refractivity contribution in [1.29, 1.82) is 0 Å². The number of nitrogens with zero attached hydrogens (tertiary/aromatic N) is 1. The van der Waals surface area contributed by atoms with E-state index in [1.54, 1.807) is 48.5 Å². The van der Waals surface area contributed by atoms with E-state index in [0.717, 1.165) is 0 Å². The van der Waals surface area contributed by atoms with E-state index in [4.69, 9.17) is 9.47 Å². The Kier molecular flexibility index (Phi) is 5.38. The molecule has 0 aromatic heterocycles. The molecule has 8 heteroatoms. The second-order valence-corrected chi connectivity index (χ2v) is 6.97. The fourth-order valence-corrected chi connectivity index (χ4v) is 3.51. The van der Waals surface area contributed by atoms with Crippen molar-refractivity contribution in [2.75, 3.05) is 13.3 Å². The third-order valence-electron chi connectivity index (χ3n) is 5.01.